The van der Waals surface area contributed by atoms with Gasteiger partial charge in [0.15, 0.2) is 0 Å². The van der Waals surface area contributed by atoms with Crippen LogP contribution in [-0.2, 0) is 49.5 Å². The van der Waals surface area contributed by atoms with E-state index in [4.69, 9.17) is 10.5 Å². The molecule has 16 heteroatoms. The molecule has 2 rings (SSSR count). The Morgan fingerprint density at radius 1 is 0.750 bits per heavy atom. The van der Waals surface area contributed by atoms with E-state index in [1.807, 2.05) is 0 Å². The molecule has 1 aromatic rings. The van der Waals surface area contributed by atoms with Gasteiger partial charge in [0.25, 0.3) is 11.8 Å². The molecular formula is C28H37N7O9. The smallest absolute Gasteiger partial charge is 0.253 e. The summed E-state index contributed by atoms with van der Waals surface area (Å²) in [6, 6.07) is 7.75. The third kappa shape index (κ3) is 14.2. The number of ether oxygens (including phenoxy) is 1. The van der Waals surface area contributed by atoms with Gasteiger partial charge in [-0.3, -0.25) is 43.3 Å². The lowest BCUT2D eigenvalue weighted by Crippen LogP contribution is -2.52. The van der Waals surface area contributed by atoms with Crippen molar-refractivity contribution in [1.82, 2.24) is 31.5 Å². The number of hydrogen-bond donors (Lipinski definition) is 6. The Balaban J connectivity index is 1.69. The molecule has 0 aromatic heterocycles. The van der Waals surface area contributed by atoms with Crippen molar-refractivity contribution in [2.24, 2.45) is 5.73 Å². The molecule has 0 aliphatic carbocycles. The van der Waals surface area contributed by atoms with E-state index in [2.05, 4.69) is 26.6 Å². The summed E-state index contributed by atoms with van der Waals surface area (Å²) in [7, 11) is 0. The number of nitrogens with zero attached hydrogens (tertiary/aromatic N) is 1. The third-order valence-electron chi connectivity index (χ3n) is 6.05. The van der Waals surface area contributed by atoms with Gasteiger partial charge in [-0.25, -0.2) is 0 Å². The first-order valence-corrected chi connectivity index (χ1v) is 13.9. The van der Waals surface area contributed by atoms with Gasteiger partial charge in [-0.1, -0.05) is 36.8 Å². The number of rotatable bonds is 20. The zero-order chi connectivity index (χ0) is 32.3. The van der Waals surface area contributed by atoms with E-state index in [9.17, 15) is 38.4 Å². The van der Waals surface area contributed by atoms with Gasteiger partial charge in [0.2, 0.25) is 35.4 Å². The standard InChI is InChI=1S/C28H37N7O9/c29-21(36)17-44-18-33-24(39)15-32-28(43)20(13-19-7-3-1-4-8-19)34-25(40)16-31-23(38)14-30-22(37)9-5-2-6-12-35-26(41)10-11-27(35)42/h1,3-4,7-8,10-11,20H,2,5-6,9,12-18H2,(H2,29,36)(H,30,37)(H,31,38)(H,32,43)(H,33,39)(H,34,40)/t20-/m0/s1. The van der Waals surface area contributed by atoms with Crippen LogP contribution in [0.2, 0.25) is 0 Å². The van der Waals surface area contributed by atoms with E-state index in [0.717, 1.165) is 10.5 Å². The minimum absolute atomic E-state index is 0.104. The van der Waals surface area contributed by atoms with Gasteiger partial charge in [-0.05, 0) is 18.4 Å². The molecule has 16 nitrogen and oxygen atoms in total. The summed E-state index contributed by atoms with van der Waals surface area (Å²) >= 11 is 0. The van der Waals surface area contributed by atoms with Crippen molar-refractivity contribution in [3.8, 4) is 0 Å². The number of benzene rings is 1. The van der Waals surface area contributed by atoms with Crippen molar-refractivity contribution >= 4 is 47.3 Å². The first-order valence-electron chi connectivity index (χ1n) is 13.9. The molecule has 0 saturated carbocycles. The van der Waals surface area contributed by atoms with E-state index in [0.29, 0.717) is 19.3 Å². The summed E-state index contributed by atoms with van der Waals surface area (Å²) in [5.74, 6) is -4.33. The van der Waals surface area contributed by atoms with Crippen LogP contribution in [0.1, 0.15) is 31.2 Å². The average Bonchev–Trinajstić information content (AvgIpc) is 3.32. The molecule has 0 fully saturated rings. The lowest BCUT2D eigenvalue weighted by molar-refractivity contribution is -0.137. The fourth-order valence-corrected chi connectivity index (χ4v) is 3.83. The highest BCUT2D eigenvalue weighted by atomic mass is 16.5. The molecule has 0 unspecified atom stereocenters. The van der Waals surface area contributed by atoms with Crippen molar-refractivity contribution in [2.45, 2.75) is 38.1 Å². The molecule has 8 amide bonds. The Morgan fingerprint density at radius 2 is 1.36 bits per heavy atom. The van der Waals surface area contributed by atoms with Crippen LogP contribution >= 0.6 is 0 Å². The van der Waals surface area contributed by atoms with Crippen LogP contribution in [0.5, 0.6) is 0 Å². The molecule has 0 radical (unpaired) electrons. The zero-order valence-corrected chi connectivity index (χ0v) is 24.1. The second-order valence-electron chi connectivity index (χ2n) is 9.61. The van der Waals surface area contributed by atoms with Gasteiger partial charge in [0.05, 0.1) is 19.6 Å². The number of hydrogen-bond acceptors (Lipinski definition) is 9. The molecule has 1 atom stereocenters. The molecule has 0 spiro atoms. The van der Waals surface area contributed by atoms with Gasteiger partial charge < -0.3 is 37.1 Å². The van der Waals surface area contributed by atoms with Crippen molar-refractivity contribution in [3.63, 3.8) is 0 Å². The first kappa shape index (κ1) is 35.1. The van der Waals surface area contributed by atoms with Crippen LogP contribution in [0.15, 0.2) is 42.5 Å². The Hall–Kier alpha value is -5.12. The van der Waals surface area contributed by atoms with Crippen LogP contribution in [0.3, 0.4) is 0 Å². The number of unbranched alkanes of at least 4 members (excludes halogenated alkanes) is 2. The minimum Gasteiger partial charge on any atom is -0.368 e. The molecule has 0 saturated heterocycles. The second kappa shape index (κ2) is 19.1. The highest BCUT2D eigenvalue weighted by Crippen LogP contribution is 2.08. The van der Waals surface area contributed by atoms with Crippen LogP contribution in [0.25, 0.3) is 0 Å². The largest absolute Gasteiger partial charge is 0.368 e. The number of carbonyl (C=O) groups is 8. The lowest BCUT2D eigenvalue weighted by Gasteiger charge is -2.19. The van der Waals surface area contributed by atoms with E-state index in [1.54, 1.807) is 30.3 Å². The van der Waals surface area contributed by atoms with Crippen LogP contribution in [0.4, 0.5) is 0 Å². The number of primary amides is 1. The lowest BCUT2D eigenvalue weighted by atomic mass is 10.1. The molecule has 1 heterocycles. The van der Waals surface area contributed by atoms with E-state index >= 15 is 0 Å². The summed E-state index contributed by atoms with van der Waals surface area (Å²) < 4.78 is 4.82. The Morgan fingerprint density at radius 3 is 2.05 bits per heavy atom. The Bertz CT molecular complexity index is 1220. The molecule has 1 aliphatic heterocycles. The summed E-state index contributed by atoms with van der Waals surface area (Å²) in [6.45, 7) is -1.64. The maximum absolute atomic E-state index is 12.8. The topological polar surface area (TPSA) is 235 Å². The minimum atomic E-state index is -1.07. The molecule has 0 bridgehead atoms. The highest BCUT2D eigenvalue weighted by Gasteiger charge is 2.23. The molecule has 44 heavy (non-hydrogen) atoms. The van der Waals surface area contributed by atoms with Gasteiger partial charge in [-0.15, -0.1) is 0 Å². The van der Waals surface area contributed by atoms with Gasteiger partial charge in [0.1, 0.15) is 19.4 Å². The van der Waals surface area contributed by atoms with Gasteiger partial charge >= 0.3 is 0 Å². The molecule has 238 valence electrons. The zero-order valence-electron chi connectivity index (χ0n) is 24.1. The predicted octanol–water partition coefficient (Wildman–Crippen LogP) is -2.88. The van der Waals surface area contributed by atoms with Crippen LogP contribution < -0.4 is 32.3 Å². The fraction of sp³-hybridized carbons (Fsp3) is 0.429. The third-order valence-corrected chi connectivity index (χ3v) is 6.05. The predicted molar refractivity (Wildman–Crippen MR) is 154 cm³/mol. The van der Waals surface area contributed by atoms with Crippen molar-refractivity contribution < 1.29 is 43.1 Å². The van der Waals surface area contributed by atoms with Gasteiger partial charge in [-0.2, -0.15) is 0 Å². The molecule has 1 aromatic carbocycles. The molecular weight excluding hydrogens is 578 g/mol. The Kier molecular flexibility index (Phi) is 15.3. The monoisotopic (exact) mass is 615 g/mol. The maximum atomic E-state index is 12.8. The van der Waals surface area contributed by atoms with Crippen molar-refractivity contribution in [2.75, 3.05) is 39.5 Å². The normalized spacial score (nSPS) is 12.8. The molecule has 7 N–H and O–H groups in total. The first-order chi connectivity index (χ1) is 21.0. The highest BCUT2D eigenvalue weighted by molar-refractivity contribution is 6.12. The second-order valence-corrected chi connectivity index (χ2v) is 9.61. The van der Waals surface area contributed by atoms with Crippen molar-refractivity contribution in [3.05, 3.63) is 48.0 Å². The number of imide groups is 1. The SMILES string of the molecule is NC(=O)COCNC(=O)CNC(=O)[C@H](Cc1ccccc1)NC(=O)CNC(=O)CNC(=O)CCCCCN1C(=O)C=CC1=O. The fourth-order valence-electron chi connectivity index (χ4n) is 3.83. The van der Waals surface area contributed by atoms with Crippen LogP contribution in [0, 0.1) is 0 Å². The average molecular weight is 616 g/mol. The Labute approximate surface area is 253 Å². The van der Waals surface area contributed by atoms with Gasteiger partial charge in [0, 0.05) is 31.5 Å². The van der Waals surface area contributed by atoms with Crippen molar-refractivity contribution in [1.29, 1.82) is 0 Å². The van der Waals surface area contributed by atoms with Crippen LogP contribution in [-0.4, -0.2) is 97.7 Å². The van der Waals surface area contributed by atoms with E-state index < -0.39 is 48.7 Å². The summed E-state index contributed by atoms with van der Waals surface area (Å²) in [5, 5.41) is 12.1. The molecule has 1 aliphatic rings. The summed E-state index contributed by atoms with van der Waals surface area (Å²) in [5.41, 5.74) is 5.66. The number of amides is 8. The maximum Gasteiger partial charge on any atom is 0.253 e. The number of carbonyl (C=O) groups excluding carboxylic acids is 8. The number of nitrogens with one attached hydrogen (secondary N) is 5. The number of nitrogens with two attached hydrogens (primary N) is 1. The quantitative estimate of drug-likeness (QED) is 0.0501. The summed E-state index contributed by atoms with van der Waals surface area (Å²) in [6.07, 6.45) is 4.31. The van der Waals surface area contributed by atoms with E-state index in [1.165, 1.54) is 12.2 Å². The van der Waals surface area contributed by atoms with E-state index in [-0.39, 0.29) is 57.0 Å². The summed E-state index contributed by atoms with van der Waals surface area (Å²) in [4.78, 5) is 96.2.